The predicted molar refractivity (Wildman–Crippen MR) is 83.8 cm³/mol. The van der Waals surface area contributed by atoms with Gasteiger partial charge in [-0.15, -0.1) is 0 Å². The zero-order valence-electron chi connectivity index (χ0n) is 11.3. The van der Waals surface area contributed by atoms with Crippen molar-refractivity contribution in [1.82, 2.24) is 0 Å². The standard InChI is InChI=1S/C15H14BrFN2O2/c1-9-2-4-13(12(18)6-9)19-15(20)8-21-14-5-3-10(16)7-11(14)17/h2-7H,8,18H2,1H3,(H,19,20). The molecule has 2 rings (SSSR count). The highest BCUT2D eigenvalue weighted by Gasteiger charge is 2.09. The summed E-state index contributed by atoms with van der Waals surface area (Å²) in [6.07, 6.45) is 0. The molecule has 0 aliphatic rings. The first-order chi connectivity index (χ1) is 9.95. The molecule has 21 heavy (non-hydrogen) atoms. The number of benzene rings is 2. The lowest BCUT2D eigenvalue weighted by atomic mass is 10.2. The van der Waals surface area contributed by atoms with Gasteiger partial charge in [0.05, 0.1) is 11.4 Å². The molecule has 0 heterocycles. The molecule has 0 aliphatic heterocycles. The summed E-state index contributed by atoms with van der Waals surface area (Å²) in [5.74, 6) is -0.926. The van der Waals surface area contributed by atoms with Crippen LogP contribution >= 0.6 is 15.9 Å². The van der Waals surface area contributed by atoms with Crippen molar-refractivity contribution in [3.05, 3.63) is 52.3 Å². The van der Waals surface area contributed by atoms with E-state index in [-0.39, 0.29) is 12.4 Å². The number of halogens is 2. The topological polar surface area (TPSA) is 64.3 Å². The molecule has 3 N–H and O–H groups in total. The van der Waals surface area contributed by atoms with Crippen LogP contribution in [0.2, 0.25) is 0 Å². The number of ether oxygens (including phenoxy) is 1. The summed E-state index contributed by atoms with van der Waals surface area (Å²) in [6.45, 7) is 1.60. The zero-order chi connectivity index (χ0) is 15.4. The predicted octanol–water partition coefficient (Wildman–Crippen LogP) is 3.50. The van der Waals surface area contributed by atoms with E-state index >= 15 is 0 Å². The SMILES string of the molecule is Cc1ccc(NC(=O)COc2ccc(Br)cc2F)c(N)c1. The number of anilines is 2. The van der Waals surface area contributed by atoms with Gasteiger partial charge in [-0.05, 0) is 42.8 Å². The van der Waals surface area contributed by atoms with E-state index in [9.17, 15) is 9.18 Å². The van der Waals surface area contributed by atoms with Crippen LogP contribution in [0, 0.1) is 12.7 Å². The van der Waals surface area contributed by atoms with Gasteiger partial charge in [0.1, 0.15) is 0 Å². The molecule has 0 aliphatic carbocycles. The van der Waals surface area contributed by atoms with Gasteiger partial charge in [0.25, 0.3) is 5.91 Å². The quantitative estimate of drug-likeness (QED) is 0.827. The molecule has 4 nitrogen and oxygen atoms in total. The molecule has 0 saturated heterocycles. The average molecular weight is 353 g/mol. The molecule has 0 unspecified atom stereocenters. The fourth-order valence-corrected chi connectivity index (χ4v) is 2.05. The van der Waals surface area contributed by atoms with E-state index in [1.807, 2.05) is 13.0 Å². The Balaban J connectivity index is 1.96. The van der Waals surface area contributed by atoms with Crippen molar-refractivity contribution in [2.75, 3.05) is 17.7 Å². The maximum Gasteiger partial charge on any atom is 0.262 e. The normalized spacial score (nSPS) is 10.2. The molecular weight excluding hydrogens is 339 g/mol. The van der Waals surface area contributed by atoms with E-state index in [0.29, 0.717) is 15.8 Å². The number of aryl methyl sites for hydroxylation is 1. The molecule has 1 amide bonds. The third-order valence-corrected chi connectivity index (χ3v) is 3.23. The van der Waals surface area contributed by atoms with Gasteiger partial charge in [0.2, 0.25) is 0 Å². The van der Waals surface area contributed by atoms with Crippen LogP contribution in [0.15, 0.2) is 40.9 Å². The van der Waals surface area contributed by atoms with Gasteiger partial charge in [-0.3, -0.25) is 4.79 Å². The molecule has 2 aromatic carbocycles. The minimum Gasteiger partial charge on any atom is -0.481 e. The minimum atomic E-state index is -0.535. The van der Waals surface area contributed by atoms with E-state index in [4.69, 9.17) is 10.5 Å². The first kappa shape index (κ1) is 15.3. The van der Waals surface area contributed by atoms with Gasteiger partial charge < -0.3 is 15.8 Å². The molecular formula is C15H14BrFN2O2. The van der Waals surface area contributed by atoms with E-state index in [1.165, 1.54) is 12.1 Å². The highest BCUT2D eigenvalue weighted by atomic mass is 79.9. The van der Waals surface area contributed by atoms with Crippen LogP contribution in [-0.4, -0.2) is 12.5 Å². The van der Waals surface area contributed by atoms with Crippen LogP contribution in [0.25, 0.3) is 0 Å². The highest BCUT2D eigenvalue weighted by molar-refractivity contribution is 9.10. The Morgan fingerprint density at radius 2 is 2.10 bits per heavy atom. The number of nitrogens with two attached hydrogens (primary N) is 1. The van der Waals surface area contributed by atoms with Gasteiger partial charge in [0, 0.05) is 4.47 Å². The first-order valence-corrected chi connectivity index (χ1v) is 6.99. The molecule has 2 aromatic rings. The number of hydrogen-bond donors (Lipinski definition) is 2. The Morgan fingerprint density at radius 3 is 2.76 bits per heavy atom. The number of hydrogen-bond acceptors (Lipinski definition) is 3. The molecule has 0 aromatic heterocycles. The van der Waals surface area contributed by atoms with E-state index in [0.717, 1.165) is 5.56 Å². The van der Waals surface area contributed by atoms with E-state index in [1.54, 1.807) is 18.2 Å². The van der Waals surface area contributed by atoms with E-state index < -0.39 is 11.7 Å². The molecule has 0 atom stereocenters. The minimum absolute atomic E-state index is 0.0187. The number of amides is 1. The molecule has 110 valence electrons. The lowest BCUT2D eigenvalue weighted by Gasteiger charge is -2.10. The Kier molecular flexibility index (Phi) is 4.80. The van der Waals surface area contributed by atoms with Gasteiger partial charge >= 0.3 is 0 Å². The van der Waals surface area contributed by atoms with Crippen LogP contribution in [0.3, 0.4) is 0 Å². The van der Waals surface area contributed by atoms with Crippen LogP contribution in [-0.2, 0) is 4.79 Å². The van der Waals surface area contributed by atoms with E-state index in [2.05, 4.69) is 21.2 Å². The van der Waals surface area contributed by atoms with Crippen LogP contribution in [0.1, 0.15) is 5.56 Å². The summed E-state index contributed by atoms with van der Waals surface area (Å²) in [7, 11) is 0. The Labute approximate surface area is 130 Å². The fourth-order valence-electron chi connectivity index (χ4n) is 1.72. The second-order valence-electron chi connectivity index (χ2n) is 4.50. The summed E-state index contributed by atoms with van der Waals surface area (Å²) in [5, 5.41) is 2.62. The van der Waals surface area contributed by atoms with Crippen LogP contribution < -0.4 is 15.8 Å². The van der Waals surface area contributed by atoms with Crippen molar-refractivity contribution in [3.8, 4) is 5.75 Å². The number of carbonyl (C=O) groups is 1. The average Bonchev–Trinajstić information content (AvgIpc) is 2.41. The summed E-state index contributed by atoms with van der Waals surface area (Å²) < 4.78 is 19.3. The molecule has 0 fully saturated rings. The maximum absolute atomic E-state index is 13.5. The van der Waals surface area contributed by atoms with Crippen LogP contribution in [0.5, 0.6) is 5.75 Å². The van der Waals surface area contributed by atoms with Crippen molar-refractivity contribution < 1.29 is 13.9 Å². The largest absolute Gasteiger partial charge is 0.481 e. The zero-order valence-corrected chi connectivity index (χ0v) is 12.9. The smallest absolute Gasteiger partial charge is 0.262 e. The van der Waals surface area contributed by atoms with Crippen molar-refractivity contribution in [3.63, 3.8) is 0 Å². The summed E-state index contributed by atoms with van der Waals surface area (Å²) in [6, 6.07) is 9.65. The van der Waals surface area contributed by atoms with Crippen molar-refractivity contribution in [1.29, 1.82) is 0 Å². The number of carbonyl (C=O) groups excluding carboxylic acids is 1. The first-order valence-electron chi connectivity index (χ1n) is 6.19. The second-order valence-corrected chi connectivity index (χ2v) is 5.42. The molecule has 0 bridgehead atoms. The van der Waals surface area contributed by atoms with Gasteiger partial charge in [0.15, 0.2) is 18.2 Å². The second kappa shape index (κ2) is 6.58. The van der Waals surface area contributed by atoms with Gasteiger partial charge in [-0.2, -0.15) is 0 Å². The Hall–Kier alpha value is -2.08. The third-order valence-electron chi connectivity index (χ3n) is 2.73. The molecule has 6 heteroatoms. The number of rotatable bonds is 4. The Morgan fingerprint density at radius 1 is 1.33 bits per heavy atom. The fraction of sp³-hybridized carbons (Fsp3) is 0.133. The summed E-state index contributed by atoms with van der Waals surface area (Å²) >= 11 is 3.15. The summed E-state index contributed by atoms with van der Waals surface area (Å²) in [4.78, 5) is 11.8. The summed E-state index contributed by atoms with van der Waals surface area (Å²) in [5.41, 5.74) is 7.77. The Bertz CT molecular complexity index is 677. The van der Waals surface area contributed by atoms with Gasteiger partial charge in [-0.25, -0.2) is 4.39 Å². The highest BCUT2D eigenvalue weighted by Crippen LogP contribution is 2.22. The maximum atomic E-state index is 13.5. The number of nitrogen functional groups attached to an aromatic ring is 1. The molecule has 0 radical (unpaired) electrons. The van der Waals surface area contributed by atoms with Crippen molar-refractivity contribution >= 4 is 33.2 Å². The number of nitrogens with one attached hydrogen (secondary N) is 1. The van der Waals surface area contributed by atoms with Crippen molar-refractivity contribution in [2.45, 2.75) is 6.92 Å². The molecule has 0 saturated carbocycles. The monoisotopic (exact) mass is 352 g/mol. The van der Waals surface area contributed by atoms with Crippen molar-refractivity contribution in [2.24, 2.45) is 0 Å². The third kappa shape index (κ3) is 4.19. The lowest BCUT2D eigenvalue weighted by molar-refractivity contribution is -0.118. The van der Waals surface area contributed by atoms with Gasteiger partial charge in [-0.1, -0.05) is 22.0 Å². The molecule has 0 spiro atoms. The van der Waals surface area contributed by atoms with Crippen LogP contribution in [0.4, 0.5) is 15.8 Å². The lowest BCUT2D eigenvalue weighted by Crippen LogP contribution is -2.21.